The largest absolute Gasteiger partial charge is 0.372 e. The second-order valence-electron chi connectivity index (χ2n) is 5.23. The van der Waals surface area contributed by atoms with Gasteiger partial charge in [0.25, 0.3) is 0 Å². The Hall–Kier alpha value is -1.06. The van der Waals surface area contributed by atoms with Crippen molar-refractivity contribution < 1.29 is 4.74 Å². The number of nitrogens with zero attached hydrogens (tertiary/aromatic N) is 1. The van der Waals surface area contributed by atoms with Gasteiger partial charge in [-0.25, -0.2) is 0 Å². The van der Waals surface area contributed by atoms with Gasteiger partial charge in [-0.3, -0.25) is 0 Å². The van der Waals surface area contributed by atoms with E-state index in [1.54, 1.807) is 0 Å². The lowest BCUT2D eigenvalue weighted by Gasteiger charge is -2.39. The lowest BCUT2D eigenvalue weighted by atomic mass is 10.1. The van der Waals surface area contributed by atoms with E-state index < -0.39 is 0 Å². The van der Waals surface area contributed by atoms with Gasteiger partial charge in [-0.2, -0.15) is 0 Å². The molecule has 0 amide bonds. The molecule has 1 fully saturated rings. The van der Waals surface area contributed by atoms with Gasteiger partial charge in [0, 0.05) is 25.3 Å². The Morgan fingerprint density at radius 2 is 2.00 bits per heavy atom. The van der Waals surface area contributed by atoms with Crippen LogP contribution in [-0.4, -0.2) is 32.3 Å². The molecule has 1 aliphatic heterocycles. The average molecular weight is 234 g/mol. The van der Waals surface area contributed by atoms with Crippen LogP contribution < -0.4 is 10.2 Å². The summed E-state index contributed by atoms with van der Waals surface area (Å²) in [5.41, 5.74) is 2.58. The van der Waals surface area contributed by atoms with Crippen LogP contribution in [0.25, 0.3) is 0 Å². The zero-order valence-electron chi connectivity index (χ0n) is 11.0. The fraction of sp³-hybridized carbons (Fsp3) is 0.571. The fourth-order valence-electron chi connectivity index (χ4n) is 2.27. The molecule has 1 aromatic rings. The summed E-state index contributed by atoms with van der Waals surface area (Å²) in [5.74, 6) is 0. The van der Waals surface area contributed by atoms with Crippen LogP contribution in [0.3, 0.4) is 0 Å². The molecule has 0 radical (unpaired) electrons. The lowest BCUT2D eigenvalue weighted by molar-refractivity contribution is -0.0276. The first-order chi connectivity index (χ1) is 8.11. The lowest BCUT2D eigenvalue weighted by Crippen LogP contribution is -2.48. The molecule has 0 aliphatic carbocycles. The number of hydrogen-bond acceptors (Lipinski definition) is 3. The summed E-state index contributed by atoms with van der Waals surface area (Å²) in [4.78, 5) is 2.40. The van der Waals surface area contributed by atoms with Crippen LogP contribution in [0.2, 0.25) is 0 Å². The summed E-state index contributed by atoms with van der Waals surface area (Å²) in [6.07, 6.45) is 0. The summed E-state index contributed by atoms with van der Waals surface area (Å²) in [6, 6.07) is 8.78. The third-order valence-electron chi connectivity index (χ3n) is 3.11. The Morgan fingerprint density at radius 3 is 2.59 bits per heavy atom. The first kappa shape index (κ1) is 12.4. The second kappa shape index (κ2) is 5.07. The molecule has 17 heavy (non-hydrogen) atoms. The molecule has 3 heteroatoms. The van der Waals surface area contributed by atoms with E-state index in [9.17, 15) is 0 Å². The molecule has 1 aromatic carbocycles. The highest BCUT2D eigenvalue weighted by atomic mass is 16.5. The van der Waals surface area contributed by atoms with E-state index in [1.807, 2.05) is 7.05 Å². The fourth-order valence-corrected chi connectivity index (χ4v) is 2.27. The van der Waals surface area contributed by atoms with Crippen molar-refractivity contribution in [3.8, 4) is 0 Å². The minimum Gasteiger partial charge on any atom is -0.372 e. The molecule has 0 unspecified atom stereocenters. The van der Waals surface area contributed by atoms with Crippen molar-refractivity contribution in [2.45, 2.75) is 26.0 Å². The van der Waals surface area contributed by atoms with Crippen LogP contribution in [0.1, 0.15) is 19.4 Å². The van der Waals surface area contributed by atoms with Gasteiger partial charge in [0.05, 0.1) is 12.2 Å². The van der Waals surface area contributed by atoms with Crippen molar-refractivity contribution in [2.75, 3.05) is 31.6 Å². The van der Waals surface area contributed by atoms with Crippen molar-refractivity contribution in [3.05, 3.63) is 29.8 Å². The SMILES string of the molecule is CNCc1ccc(N2CCOC(C)(C)C2)cc1. The van der Waals surface area contributed by atoms with E-state index in [1.165, 1.54) is 11.3 Å². The first-order valence-electron chi connectivity index (χ1n) is 6.23. The molecule has 0 saturated carbocycles. The highest BCUT2D eigenvalue weighted by Crippen LogP contribution is 2.23. The van der Waals surface area contributed by atoms with E-state index >= 15 is 0 Å². The van der Waals surface area contributed by atoms with E-state index in [0.29, 0.717) is 0 Å². The predicted molar refractivity (Wildman–Crippen MR) is 71.4 cm³/mol. The van der Waals surface area contributed by atoms with Crippen LogP contribution in [0.15, 0.2) is 24.3 Å². The van der Waals surface area contributed by atoms with Gasteiger partial charge >= 0.3 is 0 Å². The van der Waals surface area contributed by atoms with Gasteiger partial charge in [0.2, 0.25) is 0 Å². The molecule has 1 saturated heterocycles. The second-order valence-corrected chi connectivity index (χ2v) is 5.23. The van der Waals surface area contributed by atoms with Crippen LogP contribution in [-0.2, 0) is 11.3 Å². The summed E-state index contributed by atoms with van der Waals surface area (Å²) in [7, 11) is 1.97. The van der Waals surface area contributed by atoms with E-state index in [0.717, 1.165) is 26.2 Å². The monoisotopic (exact) mass is 234 g/mol. The normalized spacial score (nSPS) is 19.4. The number of nitrogens with one attached hydrogen (secondary N) is 1. The van der Waals surface area contributed by atoms with Crippen molar-refractivity contribution in [1.82, 2.24) is 5.32 Å². The maximum Gasteiger partial charge on any atom is 0.0801 e. The molecule has 0 atom stereocenters. The molecule has 94 valence electrons. The van der Waals surface area contributed by atoms with Gasteiger partial charge in [-0.05, 0) is 38.6 Å². The maximum atomic E-state index is 5.73. The molecule has 1 heterocycles. The predicted octanol–water partition coefficient (Wildman–Crippen LogP) is 2.02. The highest BCUT2D eigenvalue weighted by Gasteiger charge is 2.27. The van der Waals surface area contributed by atoms with Gasteiger partial charge < -0.3 is 15.0 Å². The van der Waals surface area contributed by atoms with Gasteiger partial charge in [0.15, 0.2) is 0 Å². The third-order valence-corrected chi connectivity index (χ3v) is 3.11. The van der Waals surface area contributed by atoms with Crippen LogP contribution in [0.4, 0.5) is 5.69 Å². The summed E-state index contributed by atoms with van der Waals surface area (Å²) < 4.78 is 5.73. The average Bonchev–Trinajstić information content (AvgIpc) is 2.29. The molecule has 3 nitrogen and oxygen atoms in total. The molecule has 0 spiro atoms. The zero-order valence-corrected chi connectivity index (χ0v) is 11.0. The Bertz CT molecular complexity index is 359. The van der Waals surface area contributed by atoms with Crippen LogP contribution in [0.5, 0.6) is 0 Å². The summed E-state index contributed by atoms with van der Waals surface area (Å²) >= 11 is 0. The number of hydrogen-bond donors (Lipinski definition) is 1. The number of morpholine rings is 1. The smallest absolute Gasteiger partial charge is 0.0801 e. The highest BCUT2D eigenvalue weighted by molar-refractivity contribution is 5.48. The topological polar surface area (TPSA) is 24.5 Å². The molecule has 0 aromatic heterocycles. The van der Waals surface area contributed by atoms with Gasteiger partial charge in [-0.1, -0.05) is 12.1 Å². The van der Waals surface area contributed by atoms with E-state index in [-0.39, 0.29) is 5.60 Å². The Labute approximate surface area is 104 Å². The summed E-state index contributed by atoms with van der Waals surface area (Å²) in [6.45, 7) is 7.97. The molecule has 1 N–H and O–H groups in total. The van der Waals surface area contributed by atoms with E-state index in [2.05, 4.69) is 48.3 Å². The zero-order chi connectivity index (χ0) is 12.3. The number of anilines is 1. The minimum absolute atomic E-state index is 0.0398. The number of benzene rings is 1. The summed E-state index contributed by atoms with van der Waals surface area (Å²) in [5, 5.41) is 3.16. The van der Waals surface area contributed by atoms with Crippen molar-refractivity contribution in [3.63, 3.8) is 0 Å². The molecule has 2 rings (SSSR count). The van der Waals surface area contributed by atoms with Crippen molar-refractivity contribution in [2.24, 2.45) is 0 Å². The van der Waals surface area contributed by atoms with Gasteiger partial charge in [0.1, 0.15) is 0 Å². The molecular formula is C14H22N2O. The quantitative estimate of drug-likeness (QED) is 0.866. The third kappa shape index (κ3) is 3.20. The van der Waals surface area contributed by atoms with Crippen LogP contribution >= 0.6 is 0 Å². The first-order valence-corrected chi connectivity index (χ1v) is 6.23. The van der Waals surface area contributed by atoms with Gasteiger partial charge in [-0.15, -0.1) is 0 Å². The number of ether oxygens (including phenoxy) is 1. The minimum atomic E-state index is -0.0398. The molecule has 1 aliphatic rings. The maximum absolute atomic E-state index is 5.73. The Kier molecular flexibility index (Phi) is 3.69. The Balaban J connectivity index is 2.06. The van der Waals surface area contributed by atoms with Crippen LogP contribution in [0, 0.1) is 0 Å². The van der Waals surface area contributed by atoms with Crippen molar-refractivity contribution in [1.29, 1.82) is 0 Å². The van der Waals surface area contributed by atoms with E-state index in [4.69, 9.17) is 4.74 Å². The van der Waals surface area contributed by atoms with Crippen molar-refractivity contribution >= 4 is 5.69 Å². The Morgan fingerprint density at radius 1 is 1.29 bits per heavy atom. The standard InChI is InChI=1S/C14H22N2O/c1-14(2)11-16(8-9-17-14)13-6-4-12(5-7-13)10-15-3/h4-7,15H,8-11H2,1-3H3. The number of rotatable bonds is 3. The molecule has 0 bridgehead atoms. The molecular weight excluding hydrogens is 212 g/mol.